The first-order chi connectivity index (χ1) is 9.55. The Morgan fingerprint density at radius 3 is 2.65 bits per heavy atom. The largest absolute Gasteiger partial charge is 0.469 e. The summed E-state index contributed by atoms with van der Waals surface area (Å²) in [5, 5.41) is 0. The first kappa shape index (κ1) is 16.9. The second-order valence-electron chi connectivity index (χ2n) is 5.29. The Hall–Kier alpha value is -1.14. The fourth-order valence-corrected chi connectivity index (χ4v) is 2.65. The van der Waals surface area contributed by atoms with Crippen LogP contribution >= 0.6 is 0 Å². The zero-order valence-electron chi connectivity index (χ0n) is 12.5. The van der Waals surface area contributed by atoms with Gasteiger partial charge < -0.3 is 20.1 Å². The number of carbonyl (C=O) groups is 2. The number of piperidine rings is 1. The number of esters is 2. The van der Waals surface area contributed by atoms with Gasteiger partial charge in [0.05, 0.1) is 20.1 Å². The predicted molar refractivity (Wildman–Crippen MR) is 75.0 cm³/mol. The van der Waals surface area contributed by atoms with E-state index in [2.05, 4.69) is 9.64 Å². The molecule has 1 rings (SSSR count). The van der Waals surface area contributed by atoms with Gasteiger partial charge in [0.15, 0.2) is 0 Å². The number of ether oxygens (including phenoxy) is 2. The topological polar surface area (TPSA) is 81.9 Å². The van der Waals surface area contributed by atoms with Gasteiger partial charge in [-0.1, -0.05) is 0 Å². The number of carbonyl (C=O) groups excluding carboxylic acids is 2. The molecule has 0 bridgehead atoms. The first-order valence-electron chi connectivity index (χ1n) is 7.25. The minimum atomic E-state index is -0.202. The van der Waals surface area contributed by atoms with E-state index in [-0.39, 0.29) is 18.0 Å². The number of hydrogen-bond donors (Lipinski definition) is 1. The first-order valence-corrected chi connectivity index (χ1v) is 7.25. The van der Waals surface area contributed by atoms with Gasteiger partial charge in [-0.25, -0.2) is 0 Å². The van der Waals surface area contributed by atoms with E-state index in [9.17, 15) is 9.59 Å². The summed E-state index contributed by atoms with van der Waals surface area (Å²) in [5.41, 5.74) is 6.05. The van der Waals surface area contributed by atoms with Gasteiger partial charge in [-0.05, 0) is 25.7 Å². The molecule has 0 aromatic heterocycles. The van der Waals surface area contributed by atoms with Crippen molar-refractivity contribution in [2.45, 2.75) is 38.6 Å². The van der Waals surface area contributed by atoms with Crippen molar-refractivity contribution in [1.82, 2.24) is 4.90 Å². The van der Waals surface area contributed by atoms with E-state index < -0.39 is 0 Å². The van der Waals surface area contributed by atoms with Gasteiger partial charge in [-0.15, -0.1) is 0 Å². The molecule has 1 fully saturated rings. The molecule has 1 aliphatic rings. The van der Waals surface area contributed by atoms with Gasteiger partial charge in [0.1, 0.15) is 0 Å². The van der Waals surface area contributed by atoms with Crippen LogP contribution in [0, 0.1) is 5.92 Å². The second-order valence-corrected chi connectivity index (χ2v) is 5.29. The van der Waals surface area contributed by atoms with E-state index in [0.717, 1.165) is 25.9 Å². The van der Waals surface area contributed by atoms with Crippen LogP contribution in [-0.4, -0.2) is 56.2 Å². The highest BCUT2D eigenvalue weighted by Gasteiger charge is 2.25. The number of methoxy groups -OCH3 is 1. The lowest BCUT2D eigenvalue weighted by molar-refractivity contribution is -0.143. The monoisotopic (exact) mass is 286 g/mol. The Bertz CT molecular complexity index is 322. The lowest BCUT2D eigenvalue weighted by atomic mass is 9.90. The quantitative estimate of drug-likeness (QED) is 0.688. The molecule has 20 heavy (non-hydrogen) atoms. The van der Waals surface area contributed by atoms with Crippen molar-refractivity contribution in [1.29, 1.82) is 0 Å². The standard InChI is InChI=1S/C14H26N2O4/c1-3-20-14(18)5-4-11-8-12(15)10-16(9-11)7-6-13(17)19-2/h11-12H,3-10,15H2,1-2H3. The molecule has 6 heteroatoms. The maximum Gasteiger partial charge on any atom is 0.306 e. The van der Waals surface area contributed by atoms with E-state index in [1.165, 1.54) is 7.11 Å². The Labute approximate surface area is 120 Å². The van der Waals surface area contributed by atoms with Gasteiger partial charge in [0.25, 0.3) is 0 Å². The lowest BCUT2D eigenvalue weighted by Crippen LogP contribution is -2.47. The third-order valence-electron chi connectivity index (χ3n) is 3.57. The third-order valence-corrected chi connectivity index (χ3v) is 3.57. The summed E-state index contributed by atoms with van der Waals surface area (Å²) in [7, 11) is 1.40. The lowest BCUT2D eigenvalue weighted by Gasteiger charge is -2.36. The van der Waals surface area contributed by atoms with Crippen LogP contribution in [-0.2, 0) is 19.1 Å². The maximum absolute atomic E-state index is 11.4. The van der Waals surface area contributed by atoms with Crippen LogP contribution in [0.25, 0.3) is 0 Å². The summed E-state index contributed by atoms with van der Waals surface area (Å²) < 4.78 is 9.58. The predicted octanol–water partition coefficient (Wildman–Crippen LogP) is 0.542. The van der Waals surface area contributed by atoms with Crippen LogP contribution in [0.4, 0.5) is 0 Å². The molecule has 0 aliphatic carbocycles. The highest BCUT2D eigenvalue weighted by molar-refractivity contribution is 5.69. The van der Waals surface area contributed by atoms with Crippen molar-refractivity contribution in [3.8, 4) is 0 Å². The van der Waals surface area contributed by atoms with Crippen LogP contribution in [0.5, 0.6) is 0 Å². The fourth-order valence-electron chi connectivity index (χ4n) is 2.65. The molecule has 2 N–H and O–H groups in total. The summed E-state index contributed by atoms with van der Waals surface area (Å²) in [6.45, 7) is 4.57. The van der Waals surface area contributed by atoms with Gasteiger partial charge in [-0.3, -0.25) is 9.59 Å². The normalized spacial score (nSPS) is 23.4. The Kier molecular flexibility index (Phi) is 7.54. The Morgan fingerprint density at radius 2 is 2.00 bits per heavy atom. The average Bonchev–Trinajstić information content (AvgIpc) is 2.42. The average molecular weight is 286 g/mol. The number of rotatable bonds is 7. The van der Waals surface area contributed by atoms with Crippen LogP contribution in [0.1, 0.15) is 32.6 Å². The van der Waals surface area contributed by atoms with Crippen molar-refractivity contribution in [3.63, 3.8) is 0 Å². The molecule has 0 spiro atoms. The molecule has 0 amide bonds. The fraction of sp³-hybridized carbons (Fsp3) is 0.857. The zero-order valence-corrected chi connectivity index (χ0v) is 12.5. The molecule has 0 radical (unpaired) electrons. The van der Waals surface area contributed by atoms with Crippen molar-refractivity contribution in [2.75, 3.05) is 33.4 Å². The number of nitrogens with two attached hydrogens (primary N) is 1. The molecule has 1 aliphatic heterocycles. The molecule has 6 nitrogen and oxygen atoms in total. The minimum absolute atomic E-state index is 0.105. The minimum Gasteiger partial charge on any atom is -0.469 e. The number of likely N-dealkylation sites (tertiary alicyclic amines) is 1. The molecule has 1 saturated heterocycles. The van der Waals surface area contributed by atoms with Crippen LogP contribution in [0.3, 0.4) is 0 Å². The van der Waals surface area contributed by atoms with E-state index in [4.69, 9.17) is 10.5 Å². The van der Waals surface area contributed by atoms with E-state index in [1.54, 1.807) is 0 Å². The van der Waals surface area contributed by atoms with Crippen molar-refractivity contribution in [2.24, 2.45) is 11.7 Å². The summed E-state index contributed by atoms with van der Waals surface area (Å²) in [4.78, 5) is 24.7. The van der Waals surface area contributed by atoms with Crippen molar-refractivity contribution < 1.29 is 19.1 Å². The molecular weight excluding hydrogens is 260 g/mol. The summed E-state index contributed by atoms with van der Waals surface area (Å²) >= 11 is 0. The van der Waals surface area contributed by atoms with Crippen molar-refractivity contribution in [3.05, 3.63) is 0 Å². The molecule has 2 atom stereocenters. The van der Waals surface area contributed by atoms with Crippen LogP contribution in [0.15, 0.2) is 0 Å². The molecule has 0 saturated carbocycles. The maximum atomic E-state index is 11.4. The molecular formula is C14H26N2O4. The SMILES string of the molecule is CCOC(=O)CCC1CC(N)CN(CCC(=O)OC)C1. The number of nitrogens with zero attached hydrogens (tertiary/aromatic N) is 1. The van der Waals surface area contributed by atoms with E-state index in [1.807, 2.05) is 6.92 Å². The van der Waals surface area contributed by atoms with Crippen LogP contribution < -0.4 is 5.73 Å². The van der Waals surface area contributed by atoms with Crippen molar-refractivity contribution >= 4 is 11.9 Å². The van der Waals surface area contributed by atoms with Gasteiger partial charge in [0.2, 0.25) is 0 Å². The highest BCUT2D eigenvalue weighted by Crippen LogP contribution is 2.21. The van der Waals surface area contributed by atoms with Crippen LogP contribution in [0.2, 0.25) is 0 Å². The highest BCUT2D eigenvalue weighted by atomic mass is 16.5. The molecule has 2 unspecified atom stereocenters. The summed E-state index contributed by atoms with van der Waals surface area (Å²) in [5.74, 6) is 0.0424. The molecule has 116 valence electrons. The van der Waals surface area contributed by atoms with Gasteiger partial charge in [-0.2, -0.15) is 0 Å². The second kappa shape index (κ2) is 8.92. The third kappa shape index (κ3) is 6.34. The van der Waals surface area contributed by atoms with E-state index >= 15 is 0 Å². The molecule has 0 aromatic rings. The smallest absolute Gasteiger partial charge is 0.306 e. The Balaban J connectivity index is 2.33. The van der Waals surface area contributed by atoms with Gasteiger partial charge in [0, 0.05) is 32.1 Å². The van der Waals surface area contributed by atoms with E-state index in [0.29, 0.717) is 31.9 Å². The van der Waals surface area contributed by atoms with Gasteiger partial charge >= 0.3 is 11.9 Å². The summed E-state index contributed by atoms with van der Waals surface area (Å²) in [6.07, 6.45) is 2.54. The Morgan fingerprint density at radius 1 is 1.25 bits per heavy atom. The molecule has 0 aromatic carbocycles. The molecule has 1 heterocycles. The summed E-state index contributed by atoms with van der Waals surface area (Å²) in [6, 6.07) is 0.105. The number of hydrogen-bond acceptors (Lipinski definition) is 6. The zero-order chi connectivity index (χ0) is 15.0.